The highest BCUT2D eigenvalue weighted by atomic mass is 35.5. The lowest BCUT2D eigenvalue weighted by atomic mass is 10.1. The smallest absolute Gasteiger partial charge is 0.261 e. The van der Waals surface area contributed by atoms with Crippen LogP contribution in [0.4, 0.5) is 0 Å². The molecule has 0 saturated heterocycles. The van der Waals surface area contributed by atoms with Crippen LogP contribution in [0, 0.1) is 0 Å². The van der Waals surface area contributed by atoms with E-state index in [1.54, 1.807) is 36.4 Å². The van der Waals surface area contributed by atoms with Crippen molar-refractivity contribution in [3.8, 4) is 5.75 Å². The maximum absolute atomic E-state index is 12.2. The van der Waals surface area contributed by atoms with Crippen LogP contribution in [0.5, 0.6) is 5.75 Å². The van der Waals surface area contributed by atoms with Gasteiger partial charge in [-0.15, -0.1) is 0 Å². The number of amides is 2. The van der Waals surface area contributed by atoms with Crippen molar-refractivity contribution in [3.05, 3.63) is 64.7 Å². The van der Waals surface area contributed by atoms with E-state index in [2.05, 4.69) is 0 Å². The molecule has 0 N–H and O–H groups in total. The standard InChI is InChI=1S/C17H14ClNO3/c18-12-5-3-6-13(11-12)22-10-4-9-19-16(20)14-7-1-2-8-15(14)17(19)21/h1-3,5-8,11H,4,9-10H2. The van der Waals surface area contributed by atoms with Crippen LogP contribution in [-0.4, -0.2) is 29.9 Å². The lowest BCUT2D eigenvalue weighted by Crippen LogP contribution is -2.31. The van der Waals surface area contributed by atoms with Crippen LogP contribution in [0.1, 0.15) is 27.1 Å². The van der Waals surface area contributed by atoms with Crippen LogP contribution in [0.3, 0.4) is 0 Å². The fourth-order valence-corrected chi connectivity index (χ4v) is 2.59. The number of halogens is 1. The van der Waals surface area contributed by atoms with Gasteiger partial charge in [0.15, 0.2) is 0 Å². The molecule has 0 spiro atoms. The van der Waals surface area contributed by atoms with E-state index in [1.165, 1.54) is 4.90 Å². The van der Waals surface area contributed by atoms with E-state index in [4.69, 9.17) is 16.3 Å². The number of benzene rings is 2. The van der Waals surface area contributed by atoms with Crippen molar-refractivity contribution in [3.63, 3.8) is 0 Å². The lowest BCUT2D eigenvalue weighted by Gasteiger charge is -2.14. The summed E-state index contributed by atoms with van der Waals surface area (Å²) in [7, 11) is 0. The molecule has 2 aromatic rings. The zero-order valence-electron chi connectivity index (χ0n) is 11.8. The number of carbonyl (C=O) groups is 2. The third-order valence-corrected chi connectivity index (χ3v) is 3.70. The third-order valence-electron chi connectivity index (χ3n) is 3.47. The van der Waals surface area contributed by atoms with E-state index < -0.39 is 0 Å². The fourth-order valence-electron chi connectivity index (χ4n) is 2.41. The van der Waals surface area contributed by atoms with E-state index in [1.807, 2.05) is 12.1 Å². The predicted molar refractivity (Wildman–Crippen MR) is 83.4 cm³/mol. The molecule has 0 saturated carbocycles. The van der Waals surface area contributed by atoms with Crippen LogP contribution >= 0.6 is 11.6 Å². The largest absolute Gasteiger partial charge is 0.493 e. The first-order valence-electron chi connectivity index (χ1n) is 7.00. The third kappa shape index (κ3) is 2.83. The number of rotatable bonds is 5. The molecule has 0 atom stereocenters. The quantitative estimate of drug-likeness (QED) is 0.627. The van der Waals surface area contributed by atoms with Crippen molar-refractivity contribution in [2.75, 3.05) is 13.2 Å². The summed E-state index contributed by atoms with van der Waals surface area (Å²) in [6.45, 7) is 0.751. The second-order valence-electron chi connectivity index (χ2n) is 4.97. The van der Waals surface area contributed by atoms with E-state index in [0.29, 0.717) is 41.5 Å². The molecule has 0 aliphatic carbocycles. The molecule has 0 radical (unpaired) electrons. The Hall–Kier alpha value is -2.33. The zero-order chi connectivity index (χ0) is 15.5. The van der Waals surface area contributed by atoms with Crippen molar-refractivity contribution in [1.29, 1.82) is 0 Å². The highest BCUT2D eigenvalue weighted by molar-refractivity contribution is 6.30. The lowest BCUT2D eigenvalue weighted by molar-refractivity contribution is 0.0647. The van der Waals surface area contributed by atoms with Crippen LogP contribution in [0.15, 0.2) is 48.5 Å². The van der Waals surface area contributed by atoms with E-state index in [0.717, 1.165) is 0 Å². The fraction of sp³-hybridized carbons (Fsp3) is 0.176. The predicted octanol–water partition coefficient (Wildman–Crippen LogP) is 3.41. The van der Waals surface area contributed by atoms with Crippen molar-refractivity contribution in [2.24, 2.45) is 0 Å². The first-order chi connectivity index (χ1) is 10.7. The van der Waals surface area contributed by atoms with Gasteiger partial charge >= 0.3 is 0 Å². The van der Waals surface area contributed by atoms with Crippen molar-refractivity contribution in [2.45, 2.75) is 6.42 Å². The van der Waals surface area contributed by atoms with Crippen molar-refractivity contribution in [1.82, 2.24) is 4.90 Å². The van der Waals surface area contributed by atoms with Crippen molar-refractivity contribution >= 4 is 23.4 Å². The Kier molecular flexibility index (Phi) is 4.11. The molecule has 2 aromatic carbocycles. The number of fused-ring (bicyclic) bond motifs is 1. The minimum Gasteiger partial charge on any atom is -0.493 e. The van der Waals surface area contributed by atoms with Crippen molar-refractivity contribution < 1.29 is 14.3 Å². The van der Waals surface area contributed by atoms with Crippen LogP contribution < -0.4 is 4.74 Å². The van der Waals surface area contributed by atoms with Gasteiger partial charge in [0.25, 0.3) is 11.8 Å². The Morgan fingerprint density at radius 1 is 0.955 bits per heavy atom. The van der Waals surface area contributed by atoms with E-state index in [9.17, 15) is 9.59 Å². The molecule has 0 aromatic heterocycles. The van der Waals surface area contributed by atoms with Gasteiger partial charge in [-0.1, -0.05) is 29.8 Å². The molecule has 22 heavy (non-hydrogen) atoms. The molecule has 1 heterocycles. The minimum absolute atomic E-state index is 0.233. The van der Waals surface area contributed by atoms with Gasteiger partial charge in [-0.25, -0.2) is 0 Å². The first-order valence-corrected chi connectivity index (χ1v) is 7.38. The molecular weight excluding hydrogens is 302 g/mol. The average molecular weight is 316 g/mol. The van der Waals surface area contributed by atoms with Gasteiger partial charge < -0.3 is 4.74 Å². The highest BCUT2D eigenvalue weighted by Gasteiger charge is 2.34. The Morgan fingerprint density at radius 2 is 1.64 bits per heavy atom. The topological polar surface area (TPSA) is 46.6 Å². The second-order valence-corrected chi connectivity index (χ2v) is 5.40. The van der Waals surface area contributed by atoms with Crippen LogP contribution in [-0.2, 0) is 0 Å². The summed E-state index contributed by atoms with van der Waals surface area (Å²) >= 11 is 5.87. The molecule has 1 aliphatic heterocycles. The summed E-state index contributed by atoms with van der Waals surface area (Å²) in [4.78, 5) is 25.6. The summed E-state index contributed by atoms with van der Waals surface area (Å²) in [5, 5.41) is 0.609. The minimum atomic E-state index is -0.233. The van der Waals surface area contributed by atoms with Gasteiger partial charge in [-0.3, -0.25) is 14.5 Å². The molecule has 2 amide bonds. The number of ether oxygens (including phenoxy) is 1. The van der Waals surface area contributed by atoms with Gasteiger partial charge in [-0.2, -0.15) is 0 Å². The molecule has 0 bridgehead atoms. The van der Waals surface area contributed by atoms with Crippen LogP contribution in [0.25, 0.3) is 0 Å². The second kappa shape index (κ2) is 6.20. The summed E-state index contributed by atoms with van der Waals surface area (Å²) in [5.41, 5.74) is 0.950. The number of imide groups is 1. The average Bonchev–Trinajstić information content (AvgIpc) is 2.77. The van der Waals surface area contributed by atoms with Gasteiger partial charge in [-0.05, 0) is 36.8 Å². The molecule has 0 fully saturated rings. The highest BCUT2D eigenvalue weighted by Crippen LogP contribution is 2.22. The molecule has 4 nitrogen and oxygen atoms in total. The summed E-state index contributed by atoms with van der Waals surface area (Å²) in [6, 6.07) is 14.0. The SMILES string of the molecule is O=C1c2ccccc2C(=O)N1CCCOc1cccc(Cl)c1. The van der Waals surface area contributed by atoms with Crippen LogP contribution in [0.2, 0.25) is 5.02 Å². The number of carbonyl (C=O) groups excluding carboxylic acids is 2. The summed E-state index contributed by atoms with van der Waals surface area (Å²) in [5.74, 6) is 0.210. The monoisotopic (exact) mass is 315 g/mol. The number of hydrogen-bond acceptors (Lipinski definition) is 3. The summed E-state index contributed by atoms with van der Waals surface area (Å²) in [6.07, 6.45) is 0.567. The Morgan fingerprint density at radius 3 is 2.27 bits per heavy atom. The maximum Gasteiger partial charge on any atom is 0.261 e. The summed E-state index contributed by atoms with van der Waals surface area (Å²) < 4.78 is 5.56. The van der Waals surface area contributed by atoms with E-state index >= 15 is 0 Å². The Labute approximate surface area is 133 Å². The molecule has 3 rings (SSSR count). The molecule has 1 aliphatic rings. The Bertz CT molecular complexity index is 694. The zero-order valence-corrected chi connectivity index (χ0v) is 12.5. The molecule has 112 valence electrons. The molecular formula is C17H14ClNO3. The van der Waals surface area contributed by atoms with E-state index in [-0.39, 0.29) is 11.8 Å². The number of nitrogens with zero attached hydrogens (tertiary/aromatic N) is 1. The van der Waals surface area contributed by atoms with Gasteiger partial charge in [0.2, 0.25) is 0 Å². The first kappa shape index (κ1) is 14.6. The molecule has 0 unspecified atom stereocenters. The maximum atomic E-state index is 12.2. The molecule has 5 heteroatoms. The van der Waals surface area contributed by atoms with Gasteiger partial charge in [0, 0.05) is 11.6 Å². The Balaban J connectivity index is 1.55. The van der Waals surface area contributed by atoms with Gasteiger partial charge in [0.05, 0.1) is 17.7 Å². The van der Waals surface area contributed by atoms with Gasteiger partial charge in [0.1, 0.15) is 5.75 Å². The normalized spacial score (nSPS) is 13.4. The number of hydrogen-bond donors (Lipinski definition) is 0.